The third-order valence-electron chi connectivity index (χ3n) is 6.05. The Balaban J connectivity index is 1.78. The van der Waals surface area contributed by atoms with E-state index in [0.717, 1.165) is 35.5 Å². The van der Waals surface area contributed by atoms with Crippen molar-refractivity contribution in [3.05, 3.63) is 0 Å². The molecule has 0 saturated heterocycles. The molecule has 3 saturated carbocycles. The van der Waals surface area contributed by atoms with Gasteiger partial charge in [-0.25, -0.2) is 0 Å². The van der Waals surface area contributed by atoms with Gasteiger partial charge in [0.25, 0.3) is 0 Å². The van der Waals surface area contributed by atoms with Gasteiger partial charge >= 0.3 is 0 Å². The van der Waals surface area contributed by atoms with E-state index in [1.807, 2.05) is 0 Å². The first-order valence-electron chi connectivity index (χ1n) is 7.75. The van der Waals surface area contributed by atoms with Crippen LogP contribution in [0, 0.1) is 35.5 Å². The highest BCUT2D eigenvalue weighted by atomic mass is 14.5. The molecule has 0 spiro atoms. The Morgan fingerprint density at radius 2 is 1.50 bits per heavy atom. The van der Waals surface area contributed by atoms with E-state index < -0.39 is 0 Å². The normalized spacial score (nSPS) is 52.9. The van der Waals surface area contributed by atoms with Crippen molar-refractivity contribution in [2.45, 2.75) is 65.2 Å². The van der Waals surface area contributed by atoms with E-state index >= 15 is 0 Å². The topological polar surface area (TPSA) is 0 Å². The Bertz CT molecular complexity index is 244. The van der Waals surface area contributed by atoms with Gasteiger partial charge in [0.1, 0.15) is 0 Å². The highest BCUT2D eigenvalue weighted by molar-refractivity contribution is 4.94. The van der Waals surface area contributed by atoms with Crippen LogP contribution in [-0.4, -0.2) is 0 Å². The lowest BCUT2D eigenvalue weighted by atomic mass is 9.54. The monoisotopic (exact) mass is 220 g/mol. The standard InChI is InChI=1S/C16H28/c1-11-9-12(2)16-14(10-11)8-7-13-5-3-4-6-15(13)16/h11-16H,3-10H2,1-2H3. The van der Waals surface area contributed by atoms with Crippen LogP contribution >= 0.6 is 0 Å². The third kappa shape index (κ3) is 1.83. The van der Waals surface area contributed by atoms with Gasteiger partial charge in [0, 0.05) is 0 Å². The van der Waals surface area contributed by atoms with Crippen LogP contribution in [0.4, 0.5) is 0 Å². The van der Waals surface area contributed by atoms with Crippen molar-refractivity contribution < 1.29 is 0 Å². The fourth-order valence-electron chi connectivity index (χ4n) is 5.64. The van der Waals surface area contributed by atoms with Crippen LogP contribution < -0.4 is 0 Å². The molecule has 0 amide bonds. The molecule has 0 N–H and O–H groups in total. The Hall–Kier alpha value is 0. The van der Waals surface area contributed by atoms with E-state index in [9.17, 15) is 0 Å². The SMILES string of the molecule is CC1CC(C)C2C(CCC3CCCCC32)C1. The molecule has 3 aliphatic rings. The zero-order valence-electron chi connectivity index (χ0n) is 11.1. The highest BCUT2D eigenvalue weighted by Gasteiger charge is 2.45. The number of hydrogen-bond donors (Lipinski definition) is 0. The van der Waals surface area contributed by atoms with Crippen LogP contribution in [0.5, 0.6) is 0 Å². The Labute approximate surface area is 101 Å². The van der Waals surface area contributed by atoms with E-state index in [0.29, 0.717) is 0 Å². The summed E-state index contributed by atoms with van der Waals surface area (Å²) in [5, 5.41) is 0. The molecule has 6 unspecified atom stereocenters. The van der Waals surface area contributed by atoms with Crippen LogP contribution in [0.25, 0.3) is 0 Å². The minimum atomic E-state index is 1.01. The second-order valence-corrected chi connectivity index (χ2v) is 7.18. The molecule has 0 heterocycles. The highest BCUT2D eigenvalue weighted by Crippen LogP contribution is 2.54. The van der Waals surface area contributed by atoms with Crippen LogP contribution in [-0.2, 0) is 0 Å². The summed E-state index contributed by atoms with van der Waals surface area (Å²) in [5.41, 5.74) is 0. The Morgan fingerprint density at radius 1 is 0.750 bits per heavy atom. The molecule has 92 valence electrons. The zero-order valence-corrected chi connectivity index (χ0v) is 11.1. The second kappa shape index (κ2) is 4.35. The lowest BCUT2D eigenvalue weighted by molar-refractivity contribution is -0.0197. The van der Waals surface area contributed by atoms with Crippen LogP contribution in [0.1, 0.15) is 65.2 Å². The van der Waals surface area contributed by atoms with Crippen molar-refractivity contribution in [3.8, 4) is 0 Å². The predicted molar refractivity (Wildman–Crippen MR) is 69.2 cm³/mol. The summed E-state index contributed by atoms with van der Waals surface area (Å²) in [4.78, 5) is 0. The van der Waals surface area contributed by atoms with Gasteiger partial charge in [-0.15, -0.1) is 0 Å². The first kappa shape index (κ1) is 11.1. The largest absolute Gasteiger partial charge is 0.0625 e. The van der Waals surface area contributed by atoms with E-state index in [4.69, 9.17) is 0 Å². The van der Waals surface area contributed by atoms with Crippen LogP contribution in [0.15, 0.2) is 0 Å². The maximum atomic E-state index is 2.56. The molecule has 0 aromatic rings. The van der Waals surface area contributed by atoms with Gasteiger partial charge in [-0.1, -0.05) is 33.1 Å². The van der Waals surface area contributed by atoms with Gasteiger partial charge < -0.3 is 0 Å². The summed E-state index contributed by atoms with van der Waals surface area (Å²) in [6.45, 7) is 5.05. The average Bonchev–Trinajstić information content (AvgIpc) is 2.28. The lowest BCUT2D eigenvalue weighted by Gasteiger charge is -2.52. The summed E-state index contributed by atoms with van der Waals surface area (Å²) >= 11 is 0. The molecule has 3 aliphatic carbocycles. The molecule has 0 bridgehead atoms. The molecule has 0 radical (unpaired) electrons. The molecule has 0 heteroatoms. The summed E-state index contributed by atoms with van der Waals surface area (Å²) < 4.78 is 0. The van der Waals surface area contributed by atoms with E-state index in [2.05, 4.69) is 13.8 Å². The van der Waals surface area contributed by atoms with E-state index in [1.54, 1.807) is 32.1 Å². The van der Waals surface area contributed by atoms with Gasteiger partial charge in [-0.2, -0.15) is 0 Å². The minimum Gasteiger partial charge on any atom is -0.0625 e. The second-order valence-electron chi connectivity index (χ2n) is 7.18. The number of hydrogen-bond acceptors (Lipinski definition) is 0. The molecular formula is C16H28. The van der Waals surface area contributed by atoms with Gasteiger partial charge in [-0.05, 0) is 67.6 Å². The van der Waals surface area contributed by atoms with Crippen molar-refractivity contribution in [2.75, 3.05) is 0 Å². The zero-order chi connectivity index (χ0) is 11.1. The van der Waals surface area contributed by atoms with E-state index in [-0.39, 0.29) is 0 Å². The molecule has 3 rings (SSSR count). The first-order chi connectivity index (χ1) is 7.75. The Kier molecular flexibility index (Phi) is 3.02. The molecule has 16 heavy (non-hydrogen) atoms. The van der Waals surface area contributed by atoms with Crippen molar-refractivity contribution in [1.29, 1.82) is 0 Å². The maximum absolute atomic E-state index is 2.56. The smallest absolute Gasteiger partial charge is 0.0329 e. The summed E-state index contributed by atoms with van der Waals surface area (Å²) in [7, 11) is 0. The van der Waals surface area contributed by atoms with Crippen molar-refractivity contribution in [1.82, 2.24) is 0 Å². The fraction of sp³-hybridized carbons (Fsp3) is 1.00. The van der Waals surface area contributed by atoms with Gasteiger partial charge in [0.2, 0.25) is 0 Å². The molecule has 0 aliphatic heterocycles. The molecule has 0 nitrogen and oxygen atoms in total. The molecule has 6 atom stereocenters. The molecule has 3 fully saturated rings. The number of rotatable bonds is 0. The van der Waals surface area contributed by atoms with Crippen LogP contribution in [0.3, 0.4) is 0 Å². The molecule has 0 aromatic carbocycles. The van der Waals surface area contributed by atoms with Gasteiger partial charge in [-0.3, -0.25) is 0 Å². The van der Waals surface area contributed by atoms with Gasteiger partial charge in [0.15, 0.2) is 0 Å². The average molecular weight is 220 g/mol. The fourth-order valence-corrected chi connectivity index (χ4v) is 5.64. The summed E-state index contributed by atoms with van der Waals surface area (Å²) in [6.07, 6.45) is 12.4. The molecule has 0 aromatic heterocycles. The van der Waals surface area contributed by atoms with Gasteiger partial charge in [0.05, 0.1) is 0 Å². The maximum Gasteiger partial charge on any atom is -0.0329 e. The number of fused-ring (bicyclic) bond motifs is 3. The molecular weight excluding hydrogens is 192 g/mol. The minimum absolute atomic E-state index is 1.01. The van der Waals surface area contributed by atoms with E-state index in [1.165, 1.54) is 19.3 Å². The van der Waals surface area contributed by atoms with Crippen molar-refractivity contribution in [2.24, 2.45) is 35.5 Å². The summed E-state index contributed by atoms with van der Waals surface area (Å²) in [5.74, 6) is 6.53. The van der Waals surface area contributed by atoms with Crippen molar-refractivity contribution >= 4 is 0 Å². The Morgan fingerprint density at radius 3 is 2.38 bits per heavy atom. The third-order valence-corrected chi connectivity index (χ3v) is 6.05. The predicted octanol–water partition coefficient (Wildman–Crippen LogP) is 4.89. The summed E-state index contributed by atoms with van der Waals surface area (Å²) in [6, 6.07) is 0. The van der Waals surface area contributed by atoms with Crippen LogP contribution in [0.2, 0.25) is 0 Å². The first-order valence-corrected chi connectivity index (χ1v) is 7.75. The quantitative estimate of drug-likeness (QED) is 0.545. The van der Waals surface area contributed by atoms with Crippen molar-refractivity contribution in [3.63, 3.8) is 0 Å². The lowest BCUT2D eigenvalue weighted by Crippen LogP contribution is -2.43.